The summed E-state index contributed by atoms with van der Waals surface area (Å²) >= 11 is 2.93. The highest BCUT2D eigenvalue weighted by Crippen LogP contribution is 2.34. The highest BCUT2D eigenvalue weighted by atomic mass is 32.2. The number of hydrogen-bond donors (Lipinski definition) is 2. The van der Waals surface area contributed by atoms with E-state index in [4.69, 9.17) is 4.74 Å². The standard InChI is InChI=1S/C15H20N4O3S2/c1-8-9(2)24-14-12(8)13(17-10(3)18-14)23-7-11(20)19-15(21)16-5-6-22-4/h5-7H2,1-4H3,(H2,16,19,20,21). The zero-order valence-corrected chi connectivity index (χ0v) is 15.7. The van der Waals surface area contributed by atoms with Crippen LogP contribution in [0, 0.1) is 20.8 Å². The first-order valence-electron chi connectivity index (χ1n) is 7.36. The molecule has 0 aliphatic heterocycles. The number of aryl methyl sites for hydroxylation is 3. The second kappa shape index (κ2) is 8.41. The van der Waals surface area contributed by atoms with E-state index in [-0.39, 0.29) is 11.7 Å². The minimum Gasteiger partial charge on any atom is -0.383 e. The number of rotatable bonds is 6. The van der Waals surface area contributed by atoms with Crippen LogP contribution in [0.4, 0.5) is 4.79 Å². The molecule has 0 spiro atoms. The average Bonchev–Trinajstić information content (AvgIpc) is 2.79. The van der Waals surface area contributed by atoms with Gasteiger partial charge in [-0.15, -0.1) is 11.3 Å². The molecule has 0 fully saturated rings. The van der Waals surface area contributed by atoms with Crippen molar-refractivity contribution in [2.75, 3.05) is 26.0 Å². The molecule has 24 heavy (non-hydrogen) atoms. The molecule has 0 radical (unpaired) electrons. The third-order valence-electron chi connectivity index (χ3n) is 3.29. The predicted octanol–water partition coefficient (Wildman–Crippen LogP) is 2.18. The molecule has 130 valence electrons. The summed E-state index contributed by atoms with van der Waals surface area (Å²) in [6.45, 7) is 6.65. The lowest BCUT2D eigenvalue weighted by Gasteiger charge is -2.07. The van der Waals surface area contributed by atoms with Crippen LogP contribution in [0.1, 0.15) is 16.3 Å². The summed E-state index contributed by atoms with van der Waals surface area (Å²) in [5.41, 5.74) is 1.13. The number of nitrogens with zero attached hydrogens (tertiary/aromatic N) is 2. The van der Waals surface area contributed by atoms with Crippen LogP contribution in [0.3, 0.4) is 0 Å². The van der Waals surface area contributed by atoms with Crippen molar-refractivity contribution in [1.82, 2.24) is 20.6 Å². The second-order valence-electron chi connectivity index (χ2n) is 5.12. The van der Waals surface area contributed by atoms with Gasteiger partial charge in [-0.3, -0.25) is 10.1 Å². The monoisotopic (exact) mass is 368 g/mol. The normalized spacial score (nSPS) is 10.8. The number of thioether (sulfide) groups is 1. The van der Waals surface area contributed by atoms with Gasteiger partial charge in [-0.05, 0) is 26.3 Å². The van der Waals surface area contributed by atoms with Crippen molar-refractivity contribution < 1.29 is 14.3 Å². The Bertz CT molecular complexity index is 761. The molecule has 9 heteroatoms. The van der Waals surface area contributed by atoms with E-state index >= 15 is 0 Å². The van der Waals surface area contributed by atoms with Crippen LogP contribution in [0.2, 0.25) is 0 Å². The van der Waals surface area contributed by atoms with Crippen molar-refractivity contribution in [3.8, 4) is 0 Å². The maximum atomic E-state index is 11.9. The summed E-state index contributed by atoms with van der Waals surface area (Å²) in [6, 6.07) is -0.524. The number of urea groups is 1. The largest absolute Gasteiger partial charge is 0.383 e. The van der Waals surface area contributed by atoms with Gasteiger partial charge in [0.2, 0.25) is 5.91 Å². The summed E-state index contributed by atoms with van der Waals surface area (Å²) in [7, 11) is 1.54. The van der Waals surface area contributed by atoms with E-state index in [0.717, 1.165) is 20.8 Å². The van der Waals surface area contributed by atoms with Crippen LogP contribution in [0.15, 0.2) is 5.03 Å². The van der Waals surface area contributed by atoms with Gasteiger partial charge in [-0.1, -0.05) is 11.8 Å². The van der Waals surface area contributed by atoms with E-state index in [1.165, 1.54) is 16.6 Å². The van der Waals surface area contributed by atoms with Crippen LogP contribution >= 0.6 is 23.1 Å². The average molecular weight is 368 g/mol. The zero-order valence-electron chi connectivity index (χ0n) is 14.1. The number of thiophene rings is 1. The molecule has 2 rings (SSSR count). The first kappa shape index (κ1) is 18.6. The fraction of sp³-hybridized carbons (Fsp3) is 0.467. The van der Waals surface area contributed by atoms with Crippen LogP contribution < -0.4 is 10.6 Å². The highest BCUT2D eigenvalue weighted by molar-refractivity contribution is 8.00. The van der Waals surface area contributed by atoms with Crippen LogP contribution in [-0.4, -0.2) is 47.9 Å². The summed E-state index contributed by atoms with van der Waals surface area (Å²) in [4.78, 5) is 34.5. The van der Waals surface area contributed by atoms with Gasteiger partial charge in [0, 0.05) is 23.9 Å². The molecule has 0 aliphatic carbocycles. The first-order valence-corrected chi connectivity index (χ1v) is 9.16. The number of aromatic nitrogens is 2. The number of carbonyl (C=O) groups is 2. The van der Waals surface area contributed by atoms with Gasteiger partial charge < -0.3 is 10.1 Å². The molecule has 2 aromatic heterocycles. The van der Waals surface area contributed by atoms with Crippen molar-refractivity contribution in [3.05, 3.63) is 16.3 Å². The number of nitrogens with one attached hydrogen (secondary N) is 2. The molecule has 0 saturated carbocycles. The molecular weight excluding hydrogens is 348 g/mol. The molecule has 0 aromatic carbocycles. The molecule has 2 N–H and O–H groups in total. The van der Waals surface area contributed by atoms with E-state index in [1.54, 1.807) is 18.4 Å². The van der Waals surface area contributed by atoms with Gasteiger partial charge >= 0.3 is 6.03 Å². The summed E-state index contributed by atoms with van der Waals surface area (Å²) in [5, 5.41) is 6.58. The Morgan fingerprint density at radius 1 is 1.25 bits per heavy atom. The predicted molar refractivity (Wildman–Crippen MR) is 95.8 cm³/mol. The number of fused-ring (bicyclic) bond motifs is 1. The van der Waals surface area contributed by atoms with E-state index < -0.39 is 6.03 Å². The maximum Gasteiger partial charge on any atom is 0.321 e. The topological polar surface area (TPSA) is 93.2 Å². The number of methoxy groups -OCH3 is 1. The quantitative estimate of drug-likeness (QED) is 0.461. The Hall–Kier alpha value is -1.71. The van der Waals surface area contributed by atoms with Crippen molar-refractivity contribution in [2.24, 2.45) is 0 Å². The Morgan fingerprint density at radius 2 is 2.00 bits per heavy atom. The molecule has 2 heterocycles. The lowest BCUT2D eigenvalue weighted by Crippen LogP contribution is -2.41. The Balaban J connectivity index is 2.00. The fourth-order valence-electron chi connectivity index (χ4n) is 2.03. The number of imide groups is 1. The molecule has 7 nitrogen and oxygen atoms in total. The van der Waals surface area contributed by atoms with Crippen LogP contribution in [0.5, 0.6) is 0 Å². The SMILES string of the molecule is COCCNC(=O)NC(=O)CSc1nc(C)nc2sc(C)c(C)c12. The van der Waals surface area contributed by atoms with Gasteiger partial charge in [0.25, 0.3) is 0 Å². The van der Waals surface area contributed by atoms with Gasteiger partial charge in [-0.25, -0.2) is 14.8 Å². The third-order valence-corrected chi connectivity index (χ3v) is 5.37. The zero-order chi connectivity index (χ0) is 17.7. The molecule has 0 unspecified atom stereocenters. The van der Waals surface area contributed by atoms with Gasteiger partial charge in [-0.2, -0.15) is 0 Å². The summed E-state index contributed by atoms with van der Waals surface area (Å²) in [6.07, 6.45) is 0. The smallest absolute Gasteiger partial charge is 0.321 e. The minimum atomic E-state index is -0.524. The summed E-state index contributed by atoms with van der Waals surface area (Å²) < 4.78 is 4.82. The van der Waals surface area contributed by atoms with Crippen LogP contribution in [0.25, 0.3) is 10.2 Å². The molecule has 0 bridgehead atoms. The van der Waals surface area contributed by atoms with E-state index in [1.807, 2.05) is 20.8 Å². The maximum absolute atomic E-state index is 11.9. The molecule has 3 amide bonds. The van der Waals surface area contributed by atoms with Gasteiger partial charge in [0.15, 0.2) is 0 Å². The Labute approximate surface area is 148 Å². The van der Waals surface area contributed by atoms with E-state index in [0.29, 0.717) is 19.0 Å². The Morgan fingerprint density at radius 3 is 2.71 bits per heavy atom. The summed E-state index contributed by atoms with van der Waals surface area (Å²) in [5.74, 6) is 0.408. The molecular formula is C15H20N4O3S2. The lowest BCUT2D eigenvalue weighted by molar-refractivity contribution is -0.117. The number of ether oxygens (including phenoxy) is 1. The van der Waals surface area contributed by atoms with Crippen molar-refractivity contribution in [1.29, 1.82) is 0 Å². The lowest BCUT2D eigenvalue weighted by atomic mass is 10.2. The Kier molecular flexibility index (Phi) is 6.52. The number of carbonyl (C=O) groups excluding carboxylic acids is 2. The van der Waals surface area contributed by atoms with E-state index in [2.05, 4.69) is 20.6 Å². The van der Waals surface area contributed by atoms with Gasteiger partial charge in [0.1, 0.15) is 15.7 Å². The minimum absolute atomic E-state index is 0.109. The first-order chi connectivity index (χ1) is 11.4. The third kappa shape index (κ3) is 4.65. The molecule has 0 atom stereocenters. The molecule has 2 aromatic rings. The van der Waals surface area contributed by atoms with Crippen LogP contribution in [-0.2, 0) is 9.53 Å². The number of hydrogen-bond acceptors (Lipinski definition) is 7. The molecule has 0 saturated heterocycles. The number of amides is 3. The van der Waals surface area contributed by atoms with Crippen molar-refractivity contribution in [3.63, 3.8) is 0 Å². The highest BCUT2D eigenvalue weighted by Gasteiger charge is 2.15. The van der Waals surface area contributed by atoms with Crippen molar-refractivity contribution in [2.45, 2.75) is 25.8 Å². The second-order valence-corrected chi connectivity index (χ2v) is 7.29. The molecule has 0 aliphatic rings. The fourth-order valence-corrected chi connectivity index (χ4v) is 4.10. The van der Waals surface area contributed by atoms with Crippen molar-refractivity contribution >= 4 is 45.3 Å². The van der Waals surface area contributed by atoms with E-state index in [9.17, 15) is 9.59 Å². The van der Waals surface area contributed by atoms with Gasteiger partial charge in [0.05, 0.1) is 12.4 Å².